The van der Waals surface area contributed by atoms with Crippen LogP contribution in [0.2, 0.25) is 0 Å². The van der Waals surface area contributed by atoms with Crippen molar-refractivity contribution in [1.29, 1.82) is 0 Å². The summed E-state index contributed by atoms with van der Waals surface area (Å²) in [5.41, 5.74) is -0.305. The van der Waals surface area contributed by atoms with Gasteiger partial charge in [-0.05, 0) is 49.2 Å². The first-order chi connectivity index (χ1) is 16.7. The summed E-state index contributed by atoms with van der Waals surface area (Å²) in [6.45, 7) is 3.01. The second-order valence-electron chi connectivity index (χ2n) is 8.30. The quantitative estimate of drug-likeness (QED) is 0.422. The fourth-order valence-corrected chi connectivity index (χ4v) is 3.66. The van der Waals surface area contributed by atoms with Gasteiger partial charge in [-0.15, -0.1) is 0 Å². The molecule has 1 amide bonds. The summed E-state index contributed by atoms with van der Waals surface area (Å²) < 4.78 is 38.0. The highest BCUT2D eigenvalue weighted by atomic mass is 19.1. The fraction of sp³-hybridized carbons (Fsp3) is 0.269. The van der Waals surface area contributed by atoms with Gasteiger partial charge in [-0.1, -0.05) is 24.3 Å². The number of hydrogen-bond acceptors (Lipinski definition) is 6. The number of carbonyl (C=O) groups is 2. The topological polar surface area (TPSA) is 97.8 Å². The van der Waals surface area contributed by atoms with Crippen molar-refractivity contribution in [2.45, 2.75) is 31.4 Å². The van der Waals surface area contributed by atoms with Crippen molar-refractivity contribution in [2.24, 2.45) is 0 Å². The smallest absolute Gasteiger partial charge is 0.274 e. The van der Waals surface area contributed by atoms with Crippen molar-refractivity contribution >= 4 is 12.2 Å². The van der Waals surface area contributed by atoms with Gasteiger partial charge < -0.3 is 24.7 Å². The first-order valence-corrected chi connectivity index (χ1v) is 10.8. The normalized spacial score (nSPS) is 13.7. The molecule has 0 fully saturated rings. The lowest BCUT2D eigenvalue weighted by Gasteiger charge is -2.30. The maximum atomic E-state index is 13.5. The van der Waals surface area contributed by atoms with Crippen LogP contribution in [-0.2, 0) is 9.53 Å². The Labute approximate surface area is 201 Å². The number of aromatic nitrogens is 1. The Kier molecular flexibility index (Phi) is 8.14. The number of hydrogen-bond donors (Lipinski definition) is 2. The van der Waals surface area contributed by atoms with E-state index in [-0.39, 0.29) is 18.1 Å². The molecule has 0 aliphatic rings. The summed E-state index contributed by atoms with van der Waals surface area (Å²) >= 11 is 0. The highest BCUT2D eigenvalue weighted by Crippen LogP contribution is 2.31. The third kappa shape index (κ3) is 6.19. The van der Waals surface area contributed by atoms with Gasteiger partial charge in [0.2, 0.25) is 0 Å². The number of amides is 1. The van der Waals surface area contributed by atoms with E-state index in [0.29, 0.717) is 6.29 Å². The molecule has 9 heteroatoms. The number of carbonyl (C=O) groups excluding carboxylic acids is 2. The third-order valence-corrected chi connectivity index (χ3v) is 5.56. The van der Waals surface area contributed by atoms with E-state index in [2.05, 4.69) is 10.3 Å². The molecular formula is C26H26F2N2O5. The molecule has 0 bridgehead atoms. The average Bonchev–Trinajstić information content (AvgIpc) is 2.85. The van der Waals surface area contributed by atoms with Crippen LogP contribution in [0.5, 0.6) is 11.5 Å². The molecule has 35 heavy (non-hydrogen) atoms. The van der Waals surface area contributed by atoms with Crippen molar-refractivity contribution < 1.29 is 33.0 Å². The van der Waals surface area contributed by atoms with Crippen LogP contribution in [0.3, 0.4) is 0 Å². The molecule has 3 aromatic rings. The molecule has 0 aliphatic heterocycles. The monoisotopic (exact) mass is 484 g/mol. The zero-order valence-corrected chi connectivity index (χ0v) is 19.5. The standard InChI is InChI=1S/C26H26F2N2O5/c1-16(22(17-4-8-19(27)9-5-17)18-6-10-20(28)11-7-18)35-15-26(2,14-31)30-25(33)23-24(32)21(34-3)12-13-29-23/h4-14,16,22,32H,15H2,1-3H3,(H,30,33)/t16-,26+/m1/s1. The minimum Gasteiger partial charge on any atom is -0.503 e. The highest BCUT2D eigenvalue weighted by molar-refractivity contribution is 5.97. The third-order valence-electron chi connectivity index (χ3n) is 5.56. The summed E-state index contributed by atoms with van der Waals surface area (Å²) in [7, 11) is 1.33. The first-order valence-electron chi connectivity index (χ1n) is 10.8. The number of pyridine rings is 1. The maximum Gasteiger partial charge on any atom is 0.274 e. The number of aldehydes is 1. The van der Waals surface area contributed by atoms with Crippen molar-refractivity contribution in [2.75, 3.05) is 13.7 Å². The van der Waals surface area contributed by atoms with Crippen LogP contribution in [0.25, 0.3) is 0 Å². The molecular weight excluding hydrogens is 458 g/mol. The lowest BCUT2D eigenvalue weighted by Crippen LogP contribution is -2.51. The van der Waals surface area contributed by atoms with Gasteiger partial charge in [-0.2, -0.15) is 0 Å². The first kappa shape index (κ1) is 25.8. The van der Waals surface area contributed by atoms with E-state index in [1.165, 1.54) is 50.6 Å². The second-order valence-corrected chi connectivity index (χ2v) is 8.30. The maximum absolute atomic E-state index is 13.5. The number of halogens is 2. The largest absolute Gasteiger partial charge is 0.503 e. The van der Waals surface area contributed by atoms with Crippen molar-refractivity contribution in [3.05, 3.63) is 89.2 Å². The SMILES string of the molecule is COc1ccnc(C(=O)N[C@@](C)(C=O)CO[C@H](C)C(c2ccc(F)cc2)c2ccc(F)cc2)c1O. The molecule has 1 heterocycles. The molecule has 0 saturated heterocycles. The number of aromatic hydroxyl groups is 1. The molecule has 2 atom stereocenters. The van der Waals surface area contributed by atoms with Gasteiger partial charge in [0, 0.05) is 18.2 Å². The molecule has 0 aliphatic carbocycles. The molecule has 7 nitrogen and oxygen atoms in total. The Bertz CT molecular complexity index is 1130. The van der Waals surface area contributed by atoms with Gasteiger partial charge in [0.15, 0.2) is 17.2 Å². The Hall–Kier alpha value is -3.85. The van der Waals surface area contributed by atoms with Crippen LogP contribution in [0.4, 0.5) is 8.78 Å². The summed E-state index contributed by atoms with van der Waals surface area (Å²) in [6.07, 6.45) is 1.27. The van der Waals surface area contributed by atoms with E-state index in [0.717, 1.165) is 11.1 Å². The van der Waals surface area contributed by atoms with Crippen LogP contribution < -0.4 is 10.1 Å². The zero-order valence-electron chi connectivity index (χ0n) is 19.5. The van der Waals surface area contributed by atoms with Gasteiger partial charge in [-0.3, -0.25) is 4.79 Å². The summed E-state index contributed by atoms with van der Waals surface area (Å²) in [5, 5.41) is 12.7. The minimum absolute atomic E-state index is 0.0595. The predicted molar refractivity (Wildman–Crippen MR) is 124 cm³/mol. The number of benzene rings is 2. The van der Waals surface area contributed by atoms with E-state index in [4.69, 9.17) is 9.47 Å². The number of nitrogens with zero attached hydrogens (tertiary/aromatic N) is 1. The van der Waals surface area contributed by atoms with Crippen LogP contribution in [0.1, 0.15) is 41.4 Å². The van der Waals surface area contributed by atoms with Crippen molar-refractivity contribution in [1.82, 2.24) is 10.3 Å². The zero-order chi connectivity index (χ0) is 25.6. The van der Waals surface area contributed by atoms with Crippen LogP contribution >= 0.6 is 0 Å². The molecule has 0 spiro atoms. The Morgan fingerprint density at radius 1 is 1.09 bits per heavy atom. The van der Waals surface area contributed by atoms with Gasteiger partial charge in [-0.25, -0.2) is 13.8 Å². The van der Waals surface area contributed by atoms with Gasteiger partial charge >= 0.3 is 0 Å². The van der Waals surface area contributed by atoms with Gasteiger partial charge in [0.1, 0.15) is 23.5 Å². The van der Waals surface area contributed by atoms with Gasteiger partial charge in [0.25, 0.3) is 5.91 Å². The number of rotatable bonds is 10. The second kappa shape index (κ2) is 11.1. The molecule has 1 aromatic heterocycles. The minimum atomic E-state index is -1.46. The summed E-state index contributed by atoms with van der Waals surface area (Å²) in [4.78, 5) is 28.5. The van der Waals surface area contributed by atoms with Crippen LogP contribution in [-0.4, -0.2) is 47.6 Å². The van der Waals surface area contributed by atoms with E-state index in [9.17, 15) is 23.5 Å². The Balaban J connectivity index is 1.79. The molecule has 184 valence electrons. The van der Waals surface area contributed by atoms with Crippen molar-refractivity contribution in [3.8, 4) is 11.5 Å². The lowest BCUT2D eigenvalue weighted by molar-refractivity contribution is -0.115. The van der Waals surface area contributed by atoms with E-state index in [1.54, 1.807) is 31.2 Å². The molecule has 0 radical (unpaired) electrons. The van der Waals surface area contributed by atoms with E-state index in [1.807, 2.05) is 0 Å². The average molecular weight is 484 g/mol. The Morgan fingerprint density at radius 2 is 1.63 bits per heavy atom. The number of ether oxygens (including phenoxy) is 2. The highest BCUT2D eigenvalue weighted by Gasteiger charge is 2.32. The van der Waals surface area contributed by atoms with E-state index >= 15 is 0 Å². The van der Waals surface area contributed by atoms with Gasteiger partial charge in [0.05, 0.1) is 19.8 Å². The summed E-state index contributed by atoms with van der Waals surface area (Å²) in [6, 6.07) is 13.1. The number of nitrogens with one attached hydrogen (secondary N) is 1. The molecule has 3 rings (SSSR count). The predicted octanol–water partition coefficient (Wildman–Crippen LogP) is 4.00. The van der Waals surface area contributed by atoms with E-state index < -0.39 is 40.9 Å². The fourth-order valence-electron chi connectivity index (χ4n) is 3.66. The van der Waals surface area contributed by atoms with Crippen molar-refractivity contribution in [3.63, 3.8) is 0 Å². The molecule has 2 N–H and O–H groups in total. The Morgan fingerprint density at radius 3 is 2.11 bits per heavy atom. The summed E-state index contributed by atoms with van der Waals surface area (Å²) in [5.74, 6) is -2.39. The van der Waals surface area contributed by atoms with Crippen LogP contribution in [0.15, 0.2) is 60.8 Å². The lowest BCUT2D eigenvalue weighted by atomic mass is 9.87. The molecule has 0 unspecified atom stereocenters. The van der Waals surface area contributed by atoms with Crippen LogP contribution in [0, 0.1) is 11.6 Å². The number of methoxy groups -OCH3 is 1. The molecule has 0 saturated carbocycles. The molecule has 2 aromatic carbocycles.